The first-order chi connectivity index (χ1) is 16.8. The summed E-state index contributed by atoms with van der Waals surface area (Å²) in [4.78, 5) is 13.8. The SMILES string of the molecule is Cc1cccc2cc(Cn3nc(/C(C=N)=C/N)c(C(=N)N)c3NO)n(-c3ccccc3N)c(=O)c12. The van der Waals surface area contributed by atoms with Gasteiger partial charge in [0.05, 0.1) is 28.9 Å². The van der Waals surface area contributed by atoms with Crippen molar-refractivity contribution in [3.05, 3.63) is 87.6 Å². The molecule has 2 aromatic heterocycles. The number of benzene rings is 2. The van der Waals surface area contributed by atoms with Gasteiger partial charge in [-0.2, -0.15) is 5.10 Å². The second-order valence-electron chi connectivity index (χ2n) is 7.90. The van der Waals surface area contributed by atoms with E-state index in [9.17, 15) is 10.0 Å². The van der Waals surface area contributed by atoms with Crippen molar-refractivity contribution in [3.8, 4) is 5.69 Å². The first kappa shape index (κ1) is 23.3. The Kier molecular flexibility index (Phi) is 6.08. The fourth-order valence-corrected chi connectivity index (χ4v) is 4.16. The zero-order valence-electron chi connectivity index (χ0n) is 18.9. The summed E-state index contributed by atoms with van der Waals surface area (Å²) < 4.78 is 2.86. The van der Waals surface area contributed by atoms with E-state index in [1.54, 1.807) is 24.3 Å². The molecule has 4 aromatic rings. The zero-order chi connectivity index (χ0) is 25.3. The number of nitrogen functional groups attached to an aromatic ring is 2. The van der Waals surface area contributed by atoms with E-state index in [-0.39, 0.29) is 40.6 Å². The molecule has 0 saturated heterocycles. The Balaban J connectivity index is 2.04. The topological polar surface area (TPSA) is 198 Å². The molecule has 35 heavy (non-hydrogen) atoms. The molecule has 0 radical (unpaired) electrons. The molecule has 2 aromatic carbocycles. The van der Waals surface area contributed by atoms with Crippen LogP contribution in [0.15, 0.2) is 59.5 Å². The fourth-order valence-electron chi connectivity index (χ4n) is 4.16. The van der Waals surface area contributed by atoms with Gasteiger partial charge in [0.25, 0.3) is 5.56 Å². The Bertz CT molecular complexity index is 1560. The number of aryl methyl sites for hydroxylation is 1. The smallest absolute Gasteiger partial charge is 0.263 e. The monoisotopic (exact) mass is 471 g/mol. The van der Waals surface area contributed by atoms with Gasteiger partial charge >= 0.3 is 0 Å². The van der Waals surface area contributed by atoms with Crippen molar-refractivity contribution in [1.82, 2.24) is 14.3 Å². The van der Waals surface area contributed by atoms with Crippen LogP contribution in [-0.2, 0) is 6.54 Å². The number of allylic oxidation sites excluding steroid dienone is 1. The number of hydrogen-bond acceptors (Lipinski definition) is 8. The highest BCUT2D eigenvalue weighted by Gasteiger charge is 2.24. The summed E-state index contributed by atoms with van der Waals surface area (Å²) in [6.45, 7) is 1.86. The Morgan fingerprint density at radius 2 is 1.97 bits per heavy atom. The number of anilines is 2. The molecular weight excluding hydrogens is 446 g/mol. The zero-order valence-corrected chi connectivity index (χ0v) is 18.9. The quantitative estimate of drug-likeness (QED) is 0.0926. The van der Waals surface area contributed by atoms with Gasteiger partial charge in [-0.25, -0.2) is 4.68 Å². The van der Waals surface area contributed by atoms with Gasteiger partial charge in [0.2, 0.25) is 0 Å². The number of nitrogens with two attached hydrogens (primary N) is 3. The van der Waals surface area contributed by atoms with Crippen LogP contribution in [0.1, 0.15) is 22.5 Å². The van der Waals surface area contributed by atoms with E-state index in [4.69, 9.17) is 28.0 Å². The van der Waals surface area contributed by atoms with Crippen molar-refractivity contribution in [1.29, 1.82) is 10.8 Å². The normalized spacial score (nSPS) is 11.5. The predicted molar refractivity (Wildman–Crippen MR) is 137 cm³/mol. The molecule has 178 valence electrons. The first-order valence-electron chi connectivity index (χ1n) is 10.6. The number of fused-ring (bicyclic) bond motifs is 1. The number of nitrogens with one attached hydrogen (secondary N) is 3. The number of para-hydroxylation sites is 2. The maximum atomic E-state index is 13.8. The Morgan fingerprint density at radius 3 is 2.60 bits per heavy atom. The van der Waals surface area contributed by atoms with E-state index in [0.29, 0.717) is 22.5 Å². The van der Waals surface area contributed by atoms with E-state index < -0.39 is 0 Å². The Hall–Kier alpha value is -4.90. The summed E-state index contributed by atoms with van der Waals surface area (Å²) in [6, 6.07) is 14.4. The average molecular weight is 472 g/mol. The maximum Gasteiger partial charge on any atom is 0.263 e. The van der Waals surface area contributed by atoms with Crippen molar-refractivity contribution < 1.29 is 5.21 Å². The van der Waals surface area contributed by atoms with E-state index in [2.05, 4.69) is 5.10 Å². The van der Waals surface area contributed by atoms with Crippen LogP contribution in [0.2, 0.25) is 0 Å². The van der Waals surface area contributed by atoms with Gasteiger partial charge in [-0.15, -0.1) is 0 Å². The van der Waals surface area contributed by atoms with E-state index in [0.717, 1.165) is 23.4 Å². The second-order valence-corrected chi connectivity index (χ2v) is 7.90. The third-order valence-corrected chi connectivity index (χ3v) is 5.76. The number of nitrogens with zero attached hydrogens (tertiary/aromatic N) is 3. The third-order valence-electron chi connectivity index (χ3n) is 5.76. The van der Waals surface area contributed by atoms with Crippen molar-refractivity contribution in [2.75, 3.05) is 11.2 Å². The van der Waals surface area contributed by atoms with Gasteiger partial charge < -0.3 is 22.6 Å². The molecule has 0 aliphatic heterocycles. The molecule has 0 spiro atoms. The van der Waals surface area contributed by atoms with Gasteiger partial charge in [0, 0.05) is 23.7 Å². The number of hydrogen-bond donors (Lipinski definition) is 7. The predicted octanol–water partition coefficient (Wildman–Crippen LogP) is 2.16. The molecule has 0 saturated carbocycles. The van der Waals surface area contributed by atoms with Crippen molar-refractivity contribution >= 4 is 39.9 Å². The Labute approximate surface area is 200 Å². The summed E-state index contributed by atoms with van der Waals surface area (Å²) in [5, 5.41) is 31.3. The van der Waals surface area contributed by atoms with Gasteiger partial charge in [-0.3, -0.25) is 25.5 Å². The molecule has 0 aliphatic rings. The lowest BCUT2D eigenvalue weighted by molar-refractivity contribution is 0.379. The molecule has 0 fully saturated rings. The van der Waals surface area contributed by atoms with E-state index in [1.165, 1.54) is 9.25 Å². The van der Waals surface area contributed by atoms with Gasteiger partial charge in [0.15, 0.2) is 5.82 Å². The minimum atomic E-state index is -0.386. The molecule has 0 bridgehead atoms. The van der Waals surface area contributed by atoms with Crippen molar-refractivity contribution in [2.45, 2.75) is 13.5 Å². The molecule has 0 atom stereocenters. The van der Waals surface area contributed by atoms with Crippen LogP contribution < -0.4 is 28.2 Å². The first-order valence-corrected chi connectivity index (χ1v) is 10.6. The highest BCUT2D eigenvalue weighted by Crippen LogP contribution is 2.27. The van der Waals surface area contributed by atoms with Crippen LogP contribution in [0.25, 0.3) is 22.0 Å². The largest absolute Gasteiger partial charge is 0.404 e. The van der Waals surface area contributed by atoms with Gasteiger partial charge in [0.1, 0.15) is 11.5 Å². The number of pyridine rings is 1. The molecule has 2 heterocycles. The minimum absolute atomic E-state index is 0.00746. The highest BCUT2D eigenvalue weighted by atomic mass is 16.5. The van der Waals surface area contributed by atoms with Crippen LogP contribution in [0.4, 0.5) is 11.5 Å². The molecule has 0 aliphatic carbocycles. The van der Waals surface area contributed by atoms with E-state index >= 15 is 0 Å². The maximum absolute atomic E-state index is 13.8. The fraction of sp³-hybridized carbons (Fsp3) is 0.0833. The molecule has 4 rings (SSSR count). The summed E-state index contributed by atoms with van der Waals surface area (Å²) in [5.74, 6) is -0.374. The summed E-state index contributed by atoms with van der Waals surface area (Å²) in [6.07, 6.45) is 2.13. The van der Waals surface area contributed by atoms with Crippen molar-refractivity contribution in [3.63, 3.8) is 0 Å². The lowest BCUT2D eigenvalue weighted by Crippen LogP contribution is -2.25. The van der Waals surface area contributed by atoms with Crippen LogP contribution in [-0.4, -0.2) is 31.6 Å². The number of aromatic nitrogens is 3. The van der Waals surface area contributed by atoms with Gasteiger partial charge in [-0.05, 0) is 36.1 Å². The Morgan fingerprint density at radius 1 is 1.23 bits per heavy atom. The van der Waals surface area contributed by atoms with Gasteiger partial charge in [-0.1, -0.05) is 30.3 Å². The van der Waals surface area contributed by atoms with Crippen LogP contribution in [0.3, 0.4) is 0 Å². The molecule has 0 amide bonds. The van der Waals surface area contributed by atoms with Crippen molar-refractivity contribution in [2.24, 2.45) is 11.5 Å². The summed E-state index contributed by atoms with van der Waals surface area (Å²) in [7, 11) is 0. The lowest BCUT2D eigenvalue weighted by Gasteiger charge is -2.18. The number of amidine groups is 1. The molecule has 10 N–H and O–H groups in total. The molecule has 11 nitrogen and oxygen atoms in total. The average Bonchev–Trinajstić information content (AvgIpc) is 3.19. The second kappa shape index (κ2) is 9.15. The number of rotatable bonds is 7. The molecule has 0 unspecified atom stereocenters. The standard InChI is InChI=1S/C24H25N9O2/c1-13-5-4-6-14-9-16(33(24(34)19(13)14)18-8-3-2-7-17(18)27)12-32-23(31-35)20(22(28)29)21(30-32)15(10-25)11-26/h2-11,25,31,35H,12,26-27H2,1H3,(H3,28,29)/b15-11+,25-10?. The third kappa shape index (κ3) is 3.89. The lowest BCUT2D eigenvalue weighted by atomic mass is 10.1. The summed E-state index contributed by atoms with van der Waals surface area (Å²) >= 11 is 0. The minimum Gasteiger partial charge on any atom is -0.404 e. The summed E-state index contributed by atoms with van der Waals surface area (Å²) in [5.41, 5.74) is 22.1. The van der Waals surface area contributed by atoms with Crippen LogP contribution in [0.5, 0.6) is 0 Å². The molecule has 11 heteroatoms. The highest BCUT2D eigenvalue weighted by molar-refractivity contribution is 6.14. The van der Waals surface area contributed by atoms with E-state index in [1.807, 2.05) is 36.7 Å². The molecular formula is C24H25N9O2. The van der Waals surface area contributed by atoms with Crippen LogP contribution >= 0.6 is 0 Å². The van der Waals surface area contributed by atoms with Crippen LogP contribution in [0, 0.1) is 17.7 Å².